The zero-order valence-corrected chi connectivity index (χ0v) is 12.4. The second-order valence-electron chi connectivity index (χ2n) is 4.03. The highest BCUT2D eigenvalue weighted by Crippen LogP contribution is 2.28. The van der Waals surface area contributed by atoms with Crippen LogP contribution in [0.25, 0.3) is 0 Å². The van der Waals surface area contributed by atoms with E-state index in [1.54, 1.807) is 6.07 Å². The lowest BCUT2D eigenvalue weighted by atomic mass is 10.1. The normalized spacial score (nSPS) is 10.0. The average molecular weight is 325 g/mol. The van der Waals surface area contributed by atoms with Gasteiger partial charge in [-0.1, -0.05) is 23.2 Å². The highest BCUT2D eigenvalue weighted by molar-refractivity contribution is 6.35. The number of esters is 2. The number of benzene rings is 2. The summed E-state index contributed by atoms with van der Waals surface area (Å²) in [6, 6.07) is 10.4. The molecule has 2 rings (SSSR count). The first kappa shape index (κ1) is 15.4. The highest BCUT2D eigenvalue weighted by atomic mass is 35.5. The molecule has 108 valence electrons. The Morgan fingerprint density at radius 1 is 0.905 bits per heavy atom. The molecular weight excluding hydrogens is 315 g/mol. The fraction of sp³-hybridized carbons (Fsp3) is 0.0667. The van der Waals surface area contributed by atoms with Crippen molar-refractivity contribution in [1.29, 1.82) is 0 Å². The van der Waals surface area contributed by atoms with E-state index in [1.165, 1.54) is 43.5 Å². The lowest BCUT2D eigenvalue weighted by Crippen LogP contribution is -2.09. The summed E-state index contributed by atoms with van der Waals surface area (Å²) >= 11 is 11.7. The Balaban J connectivity index is 2.15. The van der Waals surface area contributed by atoms with Crippen molar-refractivity contribution in [2.75, 3.05) is 7.11 Å². The first-order valence-corrected chi connectivity index (χ1v) is 6.62. The van der Waals surface area contributed by atoms with E-state index >= 15 is 0 Å². The van der Waals surface area contributed by atoms with E-state index in [2.05, 4.69) is 4.74 Å². The molecule has 0 unspecified atom stereocenters. The predicted molar refractivity (Wildman–Crippen MR) is 79.2 cm³/mol. The average Bonchev–Trinajstić information content (AvgIpc) is 2.49. The molecule has 0 bridgehead atoms. The van der Waals surface area contributed by atoms with Gasteiger partial charge in [0, 0.05) is 5.02 Å². The van der Waals surface area contributed by atoms with Crippen molar-refractivity contribution in [2.24, 2.45) is 0 Å². The van der Waals surface area contributed by atoms with Crippen LogP contribution < -0.4 is 4.74 Å². The van der Waals surface area contributed by atoms with Crippen molar-refractivity contribution >= 4 is 35.1 Å². The van der Waals surface area contributed by atoms with Gasteiger partial charge in [0.25, 0.3) is 0 Å². The van der Waals surface area contributed by atoms with Crippen LogP contribution in [0.3, 0.4) is 0 Å². The van der Waals surface area contributed by atoms with Crippen LogP contribution in [-0.2, 0) is 4.74 Å². The lowest BCUT2D eigenvalue weighted by molar-refractivity contribution is 0.0599. The second kappa shape index (κ2) is 6.61. The van der Waals surface area contributed by atoms with E-state index in [0.717, 1.165) is 0 Å². The number of halogens is 2. The number of carbonyl (C=O) groups is 2. The molecule has 6 heteroatoms. The Bertz CT molecular complexity index is 681. The minimum absolute atomic E-state index is 0.211. The van der Waals surface area contributed by atoms with Gasteiger partial charge in [-0.25, -0.2) is 9.59 Å². The number of ether oxygens (including phenoxy) is 2. The molecule has 0 aliphatic rings. The van der Waals surface area contributed by atoms with E-state index in [-0.39, 0.29) is 16.3 Å². The summed E-state index contributed by atoms with van der Waals surface area (Å²) in [5.41, 5.74) is 0.632. The van der Waals surface area contributed by atoms with Gasteiger partial charge in [-0.15, -0.1) is 0 Å². The van der Waals surface area contributed by atoms with Crippen molar-refractivity contribution in [3.05, 3.63) is 63.6 Å². The van der Waals surface area contributed by atoms with Crippen LogP contribution in [0.15, 0.2) is 42.5 Å². The van der Waals surface area contributed by atoms with Crippen LogP contribution >= 0.6 is 23.2 Å². The number of hydrogen-bond acceptors (Lipinski definition) is 4. The third kappa shape index (κ3) is 3.74. The quantitative estimate of drug-likeness (QED) is 0.632. The third-order valence-corrected chi connectivity index (χ3v) is 3.17. The van der Waals surface area contributed by atoms with Gasteiger partial charge in [-0.3, -0.25) is 0 Å². The van der Waals surface area contributed by atoms with E-state index in [4.69, 9.17) is 27.9 Å². The Morgan fingerprint density at radius 3 is 2.00 bits per heavy atom. The molecule has 0 spiro atoms. The molecule has 0 aliphatic carbocycles. The van der Waals surface area contributed by atoms with Crippen LogP contribution in [0.4, 0.5) is 0 Å². The standard InChI is InChI=1S/C15H10Cl2O4/c1-20-14(18)9-2-4-10(5-3-9)15(19)21-13-7-6-11(16)8-12(13)17/h2-8H,1H3. The van der Waals surface area contributed by atoms with Gasteiger partial charge in [0.05, 0.1) is 23.3 Å². The summed E-state index contributed by atoms with van der Waals surface area (Å²) in [6.45, 7) is 0. The van der Waals surface area contributed by atoms with Crippen LogP contribution in [0.5, 0.6) is 5.75 Å². The molecule has 0 fully saturated rings. The lowest BCUT2D eigenvalue weighted by Gasteiger charge is -2.07. The Hall–Kier alpha value is -2.04. The molecule has 0 radical (unpaired) electrons. The van der Waals surface area contributed by atoms with Crippen LogP contribution in [0.1, 0.15) is 20.7 Å². The number of rotatable bonds is 3. The smallest absolute Gasteiger partial charge is 0.343 e. The summed E-state index contributed by atoms with van der Waals surface area (Å²) in [5, 5.41) is 0.685. The summed E-state index contributed by atoms with van der Waals surface area (Å²) in [5.74, 6) is -0.852. The van der Waals surface area contributed by atoms with Crippen molar-refractivity contribution in [2.45, 2.75) is 0 Å². The summed E-state index contributed by atoms with van der Waals surface area (Å²) in [6.07, 6.45) is 0. The predicted octanol–water partition coefficient (Wildman–Crippen LogP) is 4.00. The van der Waals surface area contributed by atoms with Gasteiger partial charge in [0.2, 0.25) is 0 Å². The SMILES string of the molecule is COC(=O)c1ccc(C(=O)Oc2ccc(Cl)cc2Cl)cc1. The van der Waals surface area contributed by atoms with E-state index in [0.29, 0.717) is 10.6 Å². The third-order valence-electron chi connectivity index (χ3n) is 2.64. The van der Waals surface area contributed by atoms with Crippen LogP contribution in [0, 0.1) is 0 Å². The summed E-state index contributed by atoms with van der Waals surface area (Å²) in [4.78, 5) is 23.3. The van der Waals surface area contributed by atoms with Gasteiger partial charge in [-0.05, 0) is 42.5 Å². The van der Waals surface area contributed by atoms with Crippen molar-refractivity contribution in [3.8, 4) is 5.75 Å². The largest absolute Gasteiger partial charge is 0.465 e. The molecule has 21 heavy (non-hydrogen) atoms. The molecule has 0 saturated carbocycles. The highest BCUT2D eigenvalue weighted by Gasteiger charge is 2.13. The van der Waals surface area contributed by atoms with Gasteiger partial charge in [-0.2, -0.15) is 0 Å². The Labute approximate surface area is 131 Å². The zero-order valence-electron chi connectivity index (χ0n) is 10.9. The van der Waals surface area contributed by atoms with Crippen molar-refractivity contribution < 1.29 is 19.1 Å². The molecule has 4 nitrogen and oxygen atoms in total. The van der Waals surface area contributed by atoms with E-state index < -0.39 is 11.9 Å². The van der Waals surface area contributed by atoms with Crippen molar-refractivity contribution in [3.63, 3.8) is 0 Å². The molecule has 0 aromatic heterocycles. The van der Waals surface area contributed by atoms with Gasteiger partial charge in [0.15, 0.2) is 0 Å². The molecule has 0 aliphatic heterocycles. The monoisotopic (exact) mass is 324 g/mol. The number of hydrogen-bond donors (Lipinski definition) is 0. The van der Waals surface area contributed by atoms with E-state index in [1.807, 2.05) is 0 Å². The molecule has 0 amide bonds. The fourth-order valence-electron chi connectivity index (χ4n) is 1.58. The fourth-order valence-corrected chi connectivity index (χ4v) is 2.02. The summed E-state index contributed by atoms with van der Waals surface area (Å²) < 4.78 is 9.74. The van der Waals surface area contributed by atoms with Crippen molar-refractivity contribution in [1.82, 2.24) is 0 Å². The number of carbonyl (C=O) groups excluding carboxylic acids is 2. The van der Waals surface area contributed by atoms with Crippen LogP contribution in [-0.4, -0.2) is 19.0 Å². The van der Waals surface area contributed by atoms with Crippen LogP contribution in [0.2, 0.25) is 10.0 Å². The zero-order chi connectivity index (χ0) is 15.4. The first-order chi connectivity index (χ1) is 10.0. The molecule has 0 N–H and O–H groups in total. The second-order valence-corrected chi connectivity index (χ2v) is 4.88. The minimum Gasteiger partial charge on any atom is -0.465 e. The van der Waals surface area contributed by atoms with Gasteiger partial charge >= 0.3 is 11.9 Å². The minimum atomic E-state index is -0.587. The maximum Gasteiger partial charge on any atom is 0.343 e. The molecule has 2 aromatic rings. The Kier molecular flexibility index (Phi) is 4.83. The summed E-state index contributed by atoms with van der Waals surface area (Å²) in [7, 11) is 1.28. The molecule has 0 heterocycles. The van der Waals surface area contributed by atoms with E-state index in [9.17, 15) is 9.59 Å². The van der Waals surface area contributed by atoms with Gasteiger partial charge in [0.1, 0.15) is 5.75 Å². The molecule has 0 saturated heterocycles. The van der Waals surface area contributed by atoms with Gasteiger partial charge < -0.3 is 9.47 Å². The maximum absolute atomic E-state index is 12.0. The molecule has 2 aromatic carbocycles. The maximum atomic E-state index is 12.0. The number of methoxy groups -OCH3 is 1. The topological polar surface area (TPSA) is 52.6 Å². The molecule has 0 atom stereocenters. The molecular formula is C15H10Cl2O4. The first-order valence-electron chi connectivity index (χ1n) is 5.87. The Morgan fingerprint density at radius 2 is 1.48 bits per heavy atom.